The molecule has 8 heteroatoms. The number of imide groups is 2. The molecule has 0 aromatic carbocycles. The Morgan fingerprint density at radius 3 is 1.26 bits per heavy atom. The summed E-state index contributed by atoms with van der Waals surface area (Å²) in [5, 5.41) is 4.44. The molecule has 2 N–H and O–H groups in total. The lowest BCUT2D eigenvalue weighted by molar-refractivity contribution is -0.149. The largest absolute Gasteiger partial charge is 0.294 e. The van der Waals surface area contributed by atoms with Crippen LogP contribution in [0.3, 0.4) is 0 Å². The van der Waals surface area contributed by atoms with Crippen LogP contribution >= 0.6 is 0 Å². The maximum absolute atomic E-state index is 11.4. The summed E-state index contributed by atoms with van der Waals surface area (Å²) in [6.07, 6.45) is 0. The second-order valence-corrected chi connectivity index (χ2v) is 5.15. The second-order valence-electron chi connectivity index (χ2n) is 5.15. The first-order valence-corrected chi connectivity index (χ1v) is 5.94. The first-order valence-electron chi connectivity index (χ1n) is 5.94. The van der Waals surface area contributed by atoms with Crippen LogP contribution in [-0.2, 0) is 19.2 Å². The number of piperazine rings is 2. The van der Waals surface area contributed by atoms with Crippen molar-refractivity contribution in [2.45, 2.75) is 19.5 Å². The van der Waals surface area contributed by atoms with E-state index in [9.17, 15) is 19.2 Å². The third-order valence-electron chi connectivity index (χ3n) is 3.44. The third-order valence-corrected chi connectivity index (χ3v) is 3.44. The number of amides is 4. The summed E-state index contributed by atoms with van der Waals surface area (Å²) in [5.41, 5.74) is -0.735. The normalized spacial score (nSPS) is 23.3. The molecule has 2 aliphatic heterocycles. The van der Waals surface area contributed by atoms with Crippen molar-refractivity contribution >= 4 is 23.6 Å². The summed E-state index contributed by atoms with van der Waals surface area (Å²) >= 11 is 0. The molecule has 2 fully saturated rings. The van der Waals surface area contributed by atoms with Gasteiger partial charge in [-0.2, -0.15) is 0 Å². The van der Waals surface area contributed by atoms with Crippen LogP contribution in [0.25, 0.3) is 0 Å². The van der Waals surface area contributed by atoms with Crippen LogP contribution in [0.2, 0.25) is 0 Å². The van der Waals surface area contributed by atoms with Crippen molar-refractivity contribution in [2.24, 2.45) is 0 Å². The highest BCUT2D eigenvalue weighted by Gasteiger charge is 2.41. The van der Waals surface area contributed by atoms with E-state index in [1.165, 1.54) is 0 Å². The van der Waals surface area contributed by atoms with Gasteiger partial charge >= 0.3 is 0 Å². The molecule has 2 rings (SSSR count). The number of nitrogens with zero attached hydrogens (tertiary/aromatic N) is 2. The minimum Gasteiger partial charge on any atom is -0.294 e. The Kier molecular flexibility index (Phi) is 3.38. The standard InChI is InChI=1S/C11H16N4O4/c1-11(2,14-3-7(16)12-8(17)4-14)15-5-9(18)13-10(19)6-15/h3-6H2,1-2H3,(H,12,16,17)(H,13,18,19). The molecule has 0 unspecified atom stereocenters. The zero-order chi connectivity index (χ0) is 14.2. The first kappa shape index (κ1) is 13.6. The predicted octanol–water partition coefficient (Wildman–Crippen LogP) is -2.36. The average Bonchev–Trinajstić information content (AvgIpc) is 2.26. The van der Waals surface area contributed by atoms with E-state index in [2.05, 4.69) is 10.6 Å². The minimum atomic E-state index is -0.735. The van der Waals surface area contributed by atoms with Gasteiger partial charge in [0.2, 0.25) is 23.6 Å². The summed E-state index contributed by atoms with van der Waals surface area (Å²) in [5.74, 6) is -1.51. The van der Waals surface area contributed by atoms with Crippen LogP contribution in [0.5, 0.6) is 0 Å². The van der Waals surface area contributed by atoms with Crippen molar-refractivity contribution in [1.82, 2.24) is 20.4 Å². The van der Waals surface area contributed by atoms with Gasteiger partial charge in [0.05, 0.1) is 31.8 Å². The van der Waals surface area contributed by atoms with Gasteiger partial charge in [0.15, 0.2) is 0 Å². The van der Waals surface area contributed by atoms with E-state index in [-0.39, 0.29) is 49.8 Å². The van der Waals surface area contributed by atoms with Crippen LogP contribution in [0.15, 0.2) is 0 Å². The zero-order valence-electron chi connectivity index (χ0n) is 10.9. The van der Waals surface area contributed by atoms with Crippen LogP contribution < -0.4 is 10.6 Å². The van der Waals surface area contributed by atoms with E-state index in [4.69, 9.17) is 0 Å². The van der Waals surface area contributed by atoms with Crippen molar-refractivity contribution in [2.75, 3.05) is 26.2 Å². The fourth-order valence-corrected chi connectivity index (χ4v) is 2.25. The molecular formula is C11H16N4O4. The number of nitrogens with one attached hydrogen (secondary N) is 2. The Hall–Kier alpha value is -1.80. The van der Waals surface area contributed by atoms with Crippen molar-refractivity contribution in [3.8, 4) is 0 Å². The van der Waals surface area contributed by atoms with E-state index < -0.39 is 5.66 Å². The molecule has 0 atom stereocenters. The molecule has 4 amide bonds. The number of hydrogen-bond donors (Lipinski definition) is 2. The van der Waals surface area contributed by atoms with E-state index in [0.717, 1.165) is 0 Å². The zero-order valence-corrected chi connectivity index (χ0v) is 10.9. The lowest BCUT2D eigenvalue weighted by Gasteiger charge is -2.47. The van der Waals surface area contributed by atoms with Gasteiger partial charge in [-0.25, -0.2) is 0 Å². The maximum atomic E-state index is 11.4. The second kappa shape index (κ2) is 4.71. The number of rotatable bonds is 2. The van der Waals surface area contributed by atoms with Crippen LogP contribution in [-0.4, -0.2) is 65.3 Å². The van der Waals surface area contributed by atoms with Crippen LogP contribution in [0.4, 0.5) is 0 Å². The average molecular weight is 268 g/mol. The van der Waals surface area contributed by atoms with Gasteiger partial charge in [0.1, 0.15) is 0 Å². The monoisotopic (exact) mass is 268 g/mol. The Morgan fingerprint density at radius 1 is 0.737 bits per heavy atom. The molecular weight excluding hydrogens is 252 g/mol. The molecule has 0 bridgehead atoms. The molecule has 104 valence electrons. The Morgan fingerprint density at radius 2 is 1.00 bits per heavy atom. The van der Waals surface area contributed by atoms with E-state index in [1.54, 1.807) is 23.6 Å². The topological polar surface area (TPSA) is 98.8 Å². The van der Waals surface area contributed by atoms with Crippen molar-refractivity contribution in [3.63, 3.8) is 0 Å². The van der Waals surface area contributed by atoms with Crippen molar-refractivity contribution < 1.29 is 19.2 Å². The Labute approximate surface area is 110 Å². The van der Waals surface area contributed by atoms with E-state index >= 15 is 0 Å². The van der Waals surface area contributed by atoms with Gasteiger partial charge in [0, 0.05) is 0 Å². The SMILES string of the molecule is CC(C)(N1CC(=O)NC(=O)C1)N1CC(=O)NC(=O)C1. The van der Waals surface area contributed by atoms with Gasteiger partial charge in [-0.15, -0.1) is 0 Å². The summed E-state index contributed by atoms with van der Waals surface area (Å²) < 4.78 is 0. The van der Waals surface area contributed by atoms with Crippen molar-refractivity contribution in [1.29, 1.82) is 0 Å². The molecule has 0 aliphatic carbocycles. The molecule has 8 nitrogen and oxygen atoms in total. The molecule has 2 aliphatic rings. The van der Waals surface area contributed by atoms with Crippen molar-refractivity contribution in [3.05, 3.63) is 0 Å². The molecule has 0 spiro atoms. The fraction of sp³-hybridized carbons (Fsp3) is 0.636. The molecule has 0 radical (unpaired) electrons. The lowest BCUT2D eigenvalue weighted by atomic mass is 10.1. The van der Waals surface area contributed by atoms with Crippen LogP contribution in [0, 0.1) is 0 Å². The highest BCUT2D eigenvalue weighted by atomic mass is 16.2. The smallest absolute Gasteiger partial charge is 0.240 e. The van der Waals surface area contributed by atoms with Crippen LogP contribution in [0.1, 0.15) is 13.8 Å². The van der Waals surface area contributed by atoms with Gasteiger partial charge < -0.3 is 0 Å². The summed E-state index contributed by atoms with van der Waals surface area (Å²) in [4.78, 5) is 48.9. The van der Waals surface area contributed by atoms with Gasteiger partial charge in [0.25, 0.3) is 0 Å². The van der Waals surface area contributed by atoms with E-state index in [1.807, 2.05) is 0 Å². The fourth-order valence-electron chi connectivity index (χ4n) is 2.25. The molecule has 2 heterocycles. The third kappa shape index (κ3) is 2.79. The number of carbonyl (C=O) groups is 4. The summed E-state index contributed by atoms with van der Waals surface area (Å²) in [6, 6.07) is 0. The maximum Gasteiger partial charge on any atom is 0.240 e. The van der Waals surface area contributed by atoms with Gasteiger partial charge in [-0.3, -0.25) is 39.6 Å². The van der Waals surface area contributed by atoms with E-state index in [0.29, 0.717) is 0 Å². The van der Waals surface area contributed by atoms with Gasteiger partial charge in [-0.1, -0.05) is 0 Å². The molecule has 19 heavy (non-hydrogen) atoms. The number of carbonyl (C=O) groups excluding carboxylic acids is 4. The highest BCUT2D eigenvalue weighted by molar-refractivity contribution is 6.00. The molecule has 0 saturated carbocycles. The first-order chi connectivity index (χ1) is 8.79. The molecule has 0 aromatic rings. The predicted molar refractivity (Wildman–Crippen MR) is 63.5 cm³/mol. The minimum absolute atomic E-state index is 0.0606. The summed E-state index contributed by atoms with van der Waals surface area (Å²) in [6.45, 7) is 3.81. The highest BCUT2D eigenvalue weighted by Crippen LogP contribution is 2.21. The Bertz CT molecular complexity index is 388. The number of hydrogen-bond acceptors (Lipinski definition) is 6. The quantitative estimate of drug-likeness (QED) is 0.544. The molecule has 0 aromatic heterocycles. The molecule has 2 saturated heterocycles. The lowest BCUT2D eigenvalue weighted by Crippen LogP contribution is -2.68. The Balaban J connectivity index is 2.16. The van der Waals surface area contributed by atoms with Gasteiger partial charge in [-0.05, 0) is 13.8 Å². The summed E-state index contributed by atoms with van der Waals surface area (Å²) in [7, 11) is 0.